The van der Waals surface area contributed by atoms with Gasteiger partial charge in [0.25, 0.3) is 5.56 Å². The largest absolute Gasteiger partial charge is 0.392 e. The van der Waals surface area contributed by atoms with E-state index < -0.39 is 0 Å². The molecule has 6 heteroatoms. The van der Waals surface area contributed by atoms with E-state index in [1.54, 1.807) is 6.07 Å². The summed E-state index contributed by atoms with van der Waals surface area (Å²) in [4.78, 5) is 28.9. The van der Waals surface area contributed by atoms with Crippen molar-refractivity contribution >= 4 is 16.7 Å². The maximum atomic E-state index is 12.1. The van der Waals surface area contributed by atoms with E-state index in [1.165, 1.54) is 0 Å². The van der Waals surface area contributed by atoms with E-state index in [0.717, 1.165) is 5.39 Å². The van der Waals surface area contributed by atoms with Gasteiger partial charge in [0.15, 0.2) is 0 Å². The molecule has 1 aromatic heterocycles. The smallest absolute Gasteiger partial charge is 0.256 e. The third-order valence-electron chi connectivity index (χ3n) is 4.36. The molecule has 1 saturated heterocycles. The lowest BCUT2D eigenvalue weighted by molar-refractivity contribution is -0.120. The molecule has 0 spiro atoms. The molecule has 1 fully saturated rings. The summed E-state index contributed by atoms with van der Waals surface area (Å²) in [7, 11) is 1.94. The number of amides is 1. The summed E-state index contributed by atoms with van der Waals surface area (Å²) < 4.78 is 0. The molecule has 1 aliphatic rings. The number of β-amino-alcohol motifs (C(OH)–C–C–N with tert-alkyl or cyclic N) is 1. The zero-order valence-electron chi connectivity index (χ0n) is 13.1. The number of H-pyrrole nitrogens is 1. The van der Waals surface area contributed by atoms with E-state index in [4.69, 9.17) is 0 Å². The molecule has 2 atom stereocenters. The van der Waals surface area contributed by atoms with Crippen molar-refractivity contribution in [3.63, 3.8) is 0 Å². The number of nitrogens with one attached hydrogen (secondary N) is 2. The number of benzene rings is 1. The fourth-order valence-corrected chi connectivity index (χ4v) is 3.12. The van der Waals surface area contributed by atoms with Crippen LogP contribution in [0.15, 0.2) is 35.1 Å². The van der Waals surface area contributed by atoms with Gasteiger partial charge in [-0.25, -0.2) is 0 Å². The zero-order chi connectivity index (χ0) is 16.4. The van der Waals surface area contributed by atoms with Gasteiger partial charge in [0, 0.05) is 30.2 Å². The zero-order valence-corrected chi connectivity index (χ0v) is 13.1. The first-order valence-electron chi connectivity index (χ1n) is 7.79. The monoisotopic (exact) mass is 315 g/mol. The van der Waals surface area contributed by atoms with Crippen LogP contribution in [0.3, 0.4) is 0 Å². The summed E-state index contributed by atoms with van der Waals surface area (Å²) in [6, 6.07) is 9.30. The van der Waals surface area contributed by atoms with Crippen LogP contribution in [0.25, 0.3) is 10.8 Å². The van der Waals surface area contributed by atoms with Gasteiger partial charge >= 0.3 is 0 Å². The second-order valence-corrected chi connectivity index (χ2v) is 6.17. The molecular weight excluding hydrogens is 294 g/mol. The molecule has 2 heterocycles. The van der Waals surface area contributed by atoms with Gasteiger partial charge < -0.3 is 15.4 Å². The number of aliphatic hydroxyl groups is 1. The Labute approximate surface area is 134 Å². The van der Waals surface area contributed by atoms with Crippen molar-refractivity contribution in [3.05, 3.63) is 46.4 Å². The van der Waals surface area contributed by atoms with Gasteiger partial charge in [0.2, 0.25) is 5.91 Å². The average molecular weight is 315 g/mol. The van der Waals surface area contributed by atoms with Gasteiger partial charge in [-0.3, -0.25) is 14.5 Å². The molecule has 1 amide bonds. The molecule has 0 bridgehead atoms. The Balaban J connectivity index is 1.63. The van der Waals surface area contributed by atoms with E-state index in [-0.39, 0.29) is 30.0 Å². The molecule has 2 unspecified atom stereocenters. The van der Waals surface area contributed by atoms with Gasteiger partial charge in [0.05, 0.1) is 12.5 Å². The Bertz CT molecular complexity index is 771. The number of likely N-dealkylation sites (tertiary alicyclic amines) is 1. The Hall–Kier alpha value is -2.18. The van der Waals surface area contributed by atoms with Crippen LogP contribution in [0, 0.1) is 0 Å². The van der Waals surface area contributed by atoms with Crippen molar-refractivity contribution in [3.8, 4) is 0 Å². The van der Waals surface area contributed by atoms with E-state index >= 15 is 0 Å². The fourth-order valence-electron chi connectivity index (χ4n) is 3.12. The summed E-state index contributed by atoms with van der Waals surface area (Å²) in [5, 5.41) is 13.9. The number of pyridine rings is 1. The molecule has 0 saturated carbocycles. The van der Waals surface area contributed by atoms with Crippen molar-refractivity contribution in [2.75, 3.05) is 20.1 Å². The van der Waals surface area contributed by atoms with Gasteiger partial charge in [0.1, 0.15) is 0 Å². The van der Waals surface area contributed by atoms with Crippen LogP contribution in [0.2, 0.25) is 0 Å². The molecule has 0 radical (unpaired) electrons. The van der Waals surface area contributed by atoms with E-state index in [1.807, 2.05) is 36.2 Å². The molecule has 23 heavy (non-hydrogen) atoms. The molecule has 0 aliphatic carbocycles. The number of rotatable bonds is 4. The second kappa shape index (κ2) is 6.52. The van der Waals surface area contributed by atoms with Gasteiger partial charge in [-0.2, -0.15) is 0 Å². The number of aromatic amines is 1. The highest BCUT2D eigenvalue weighted by molar-refractivity contribution is 5.83. The van der Waals surface area contributed by atoms with Crippen molar-refractivity contribution in [2.45, 2.75) is 25.0 Å². The number of carbonyl (C=O) groups excluding carboxylic acids is 1. The van der Waals surface area contributed by atoms with Crippen molar-refractivity contribution in [2.24, 2.45) is 0 Å². The van der Waals surface area contributed by atoms with E-state index in [9.17, 15) is 14.7 Å². The van der Waals surface area contributed by atoms with Crippen LogP contribution < -0.4 is 10.9 Å². The molecule has 2 aromatic rings. The lowest BCUT2D eigenvalue weighted by Gasteiger charge is -2.19. The first-order chi connectivity index (χ1) is 11.0. The lowest BCUT2D eigenvalue weighted by atomic mass is 10.1. The van der Waals surface area contributed by atoms with Crippen LogP contribution in [-0.2, 0) is 11.2 Å². The minimum atomic E-state index is -0.321. The van der Waals surface area contributed by atoms with E-state index in [0.29, 0.717) is 30.6 Å². The van der Waals surface area contributed by atoms with Crippen LogP contribution >= 0.6 is 0 Å². The third kappa shape index (κ3) is 3.60. The standard InChI is InChI=1S/C17H21N3O3/c1-20-10-14(21)8-13(20)9-18-16(22)7-12-6-11-4-2-3-5-15(11)17(23)19-12/h2-6,13-14,21H,7-10H2,1H3,(H,18,22)(H,19,23). The maximum Gasteiger partial charge on any atom is 0.256 e. The molecule has 1 aliphatic heterocycles. The third-order valence-corrected chi connectivity index (χ3v) is 4.36. The summed E-state index contributed by atoms with van der Waals surface area (Å²) in [6.45, 7) is 1.14. The Kier molecular flexibility index (Phi) is 4.45. The van der Waals surface area contributed by atoms with Crippen LogP contribution in [0.5, 0.6) is 0 Å². The van der Waals surface area contributed by atoms with Crippen LogP contribution in [-0.4, -0.2) is 53.2 Å². The maximum absolute atomic E-state index is 12.1. The number of aromatic nitrogens is 1. The first kappa shape index (κ1) is 15.7. The minimum absolute atomic E-state index is 0.134. The fraction of sp³-hybridized carbons (Fsp3) is 0.412. The minimum Gasteiger partial charge on any atom is -0.392 e. The quantitative estimate of drug-likeness (QED) is 0.755. The number of hydrogen-bond acceptors (Lipinski definition) is 4. The number of carbonyl (C=O) groups is 1. The van der Waals surface area contributed by atoms with Gasteiger partial charge in [-0.1, -0.05) is 18.2 Å². The molecule has 122 valence electrons. The molecule has 3 rings (SSSR count). The number of likely N-dealkylation sites (N-methyl/N-ethyl adjacent to an activating group) is 1. The van der Waals surface area contributed by atoms with Crippen LogP contribution in [0.1, 0.15) is 12.1 Å². The van der Waals surface area contributed by atoms with Crippen molar-refractivity contribution in [1.29, 1.82) is 0 Å². The molecular formula is C17H21N3O3. The predicted molar refractivity (Wildman–Crippen MR) is 88.3 cm³/mol. The SMILES string of the molecule is CN1CC(O)CC1CNC(=O)Cc1cc2ccccc2c(=O)[nH]1. The van der Waals surface area contributed by atoms with E-state index in [2.05, 4.69) is 10.3 Å². The van der Waals surface area contributed by atoms with Gasteiger partial charge in [-0.15, -0.1) is 0 Å². The number of aliphatic hydroxyl groups excluding tert-OH is 1. The number of fused-ring (bicyclic) bond motifs is 1. The Morgan fingerprint density at radius 1 is 1.43 bits per heavy atom. The number of hydrogen-bond donors (Lipinski definition) is 3. The topological polar surface area (TPSA) is 85.4 Å². The highest BCUT2D eigenvalue weighted by Gasteiger charge is 2.27. The lowest BCUT2D eigenvalue weighted by Crippen LogP contribution is -2.39. The molecule has 1 aromatic carbocycles. The van der Waals surface area contributed by atoms with Gasteiger partial charge in [-0.05, 0) is 31.0 Å². The Morgan fingerprint density at radius 3 is 2.96 bits per heavy atom. The predicted octanol–water partition coefficient (Wildman–Crippen LogP) is 0.252. The summed E-state index contributed by atoms with van der Waals surface area (Å²) >= 11 is 0. The summed E-state index contributed by atoms with van der Waals surface area (Å²) in [5.41, 5.74) is 0.426. The highest BCUT2D eigenvalue weighted by Crippen LogP contribution is 2.14. The van der Waals surface area contributed by atoms with Crippen molar-refractivity contribution < 1.29 is 9.90 Å². The normalized spacial score (nSPS) is 21.7. The molecule has 3 N–H and O–H groups in total. The molecule has 6 nitrogen and oxygen atoms in total. The van der Waals surface area contributed by atoms with Crippen LogP contribution in [0.4, 0.5) is 0 Å². The van der Waals surface area contributed by atoms with Crippen molar-refractivity contribution in [1.82, 2.24) is 15.2 Å². The summed E-state index contributed by atoms with van der Waals surface area (Å²) in [5.74, 6) is -0.134. The second-order valence-electron chi connectivity index (χ2n) is 6.17. The average Bonchev–Trinajstić information content (AvgIpc) is 2.83. The summed E-state index contributed by atoms with van der Waals surface area (Å²) in [6.07, 6.45) is 0.488. The Morgan fingerprint density at radius 2 is 2.22 bits per heavy atom. The number of nitrogens with zero attached hydrogens (tertiary/aromatic N) is 1. The highest BCUT2D eigenvalue weighted by atomic mass is 16.3. The first-order valence-corrected chi connectivity index (χ1v) is 7.79.